The summed E-state index contributed by atoms with van der Waals surface area (Å²) in [7, 11) is 0. The number of hydrazone groups is 1. The molecule has 0 unspecified atom stereocenters. The maximum absolute atomic E-state index is 12.8. The van der Waals surface area contributed by atoms with Crippen LogP contribution in [0.5, 0.6) is 11.5 Å². The predicted molar refractivity (Wildman–Crippen MR) is 109 cm³/mol. The van der Waals surface area contributed by atoms with Crippen molar-refractivity contribution < 1.29 is 14.3 Å². The summed E-state index contributed by atoms with van der Waals surface area (Å²) in [5.41, 5.74) is 3.85. The van der Waals surface area contributed by atoms with Crippen LogP contribution in [0.15, 0.2) is 52.4 Å². The van der Waals surface area contributed by atoms with Gasteiger partial charge in [-0.1, -0.05) is 18.2 Å². The Morgan fingerprint density at radius 3 is 2.62 bits per heavy atom. The van der Waals surface area contributed by atoms with Crippen LogP contribution in [0.1, 0.15) is 42.9 Å². The molecule has 2 aromatic carbocycles. The van der Waals surface area contributed by atoms with Gasteiger partial charge in [0.1, 0.15) is 0 Å². The predicted octanol–water partition coefficient (Wildman–Crippen LogP) is 2.86. The Hall–Kier alpha value is -3.68. The molecule has 1 aliphatic heterocycles. The van der Waals surface area contributed by atoms with E-state index in [4.69, 9.17) is 9.47 Å². The maximum Gasteiger partial charge on any atom is 0.292 e. The van der Waals surface area contributed by atoms with Crippen molar-refractivity contribution in [3.05, 3.63) is 64.1 Å². The number of amides is 1. The van der Waals surface area contributed by atoms with E-state index in [0.717, 1.165) is 5.56 Å². The molecule has 1 aliphatic rings. The fraction of sp³-hybridized carbons (Fsp3) is 0.238. The first-order valence-corrected chi connectivity index (χ1v) is 9.22. The highest BCUT2D eigenvalue weighted by molar-refractivity contribution is 6.06. The number of nitrogens with one attached hydrogen (secondary N) is 1. The van der Waals surface area contributed by atoms with Crippen LogP contribution in [0.3, 0.4) is 0 Å². The minimum atomic E-state index is -0.490. The number of fused-ring (bicyclic) bond motifs is 2. The second-order valence-corrected chi connectivity index (χ2v) is 6.94. The number of nitrogens with zero attached hydrogens (tertiary/aromatic N) is 3. The molecule has 0 bridgehead atoms. The van der Waals surface area contributed by atoms with Gasteiger partial charge in [0.25, 0.3) is 11.5 Å². The summed E-state index contributed by atoms with van der Waals surface area (Å²) < 4.78 is 12.0. The van der Waals surface area contributed by atoms with Gasteiger partial charge >= 0.3 is 0 Å². The normalized spacial score (nSPS) is 13.2. The molecule has 0 fully saturated rings. The Bertz CT molecular complexity index is 1200. The summed E-state index contributed by atoms with van der Waals surface area (Å²) in [6.45, 7) is 5.65. The van der Waals surface area contributed by atoms with Gasteiger partial charge in [-0.15, -0.1) is 0 Å². The van der Waals surface area contributed by atoms with Gasteiger partial charge in [0.2, 0.25) is 6.79 Å². The van der Waals surface area contributed by atoms with Crippen molar-refractivity contribution in [3.8, 4) is 11.5 Å². The first kappa shape index (κ1) is 18.7. The molecule has 0 aliphatic carbocycles. The standard InChI is InChI=1S/C21H20N4O4/c1-12(2)25-21(27)16-7-5-4-6-15(16)19(24-25)20(26)23-22-13(3)14-8-9-17-18(10-14)29-11-28-17/h4-10,12H,11H2,1-3H3,(H,23,26)/b22-13+. The number of benzene rings is 2. The Balaban J connectivity index is 1.66. The van der Waals surface area contributed by atoms with Crippen molar-refractivity contribution in [3.63, 3.8) is 0 Å². The SMILES string of the molecule is C/C(=N\NC(=O)c1nn(C(C)C)c(=O)c2ccccc12)c1ccc2c(c1)OCO2. The van der Waals surface area contributed by atoms with E-state index in [1.165, 1.54) is 4.68 Å². The number of rotatable bonds is 4. The van der Waals surface area contributed by atoms with Gasteiger partial charge in [-0.25, -0.2) is 10.1 Å². The van der Waals surface area contributed by atoms with E-state index in [-0.39, 0.29) is 24.1 Å². The molecule has 8 nitrogen and oxygen atoms in total. The average Bonchev–Trinajstić information content (AvgIpc) is 3.20. The summed E-state index contributed by atoms with van der Waals surface area (Å²) >= 11 is 0. The molecule has 8 heteroatoms. The third-order valence-electron chi connectivity index (χ3n) is 4.65. The van der Waals surface area contributed by atoms with Crippen LogP contribution >= 0.6 is 0 Å². The monoisotopic (exact) mass is 392 g/mol. The van der Waals surface area contributed by atoms with Gasteiger partial charge in [-0.3, -0.25) is 9.59 Å². The first-order chi connectivity index (χ1) is 14.0. The van der Waals surface area contributed by atoms with Crippen LogP contribution in [0.25, 0.3) is 10.8 Å². The Morgan fingerprint density at radius 2 is 1.86 bits per heavy atom. The van der Waals surface area contributed by atoms with E-state index in [0.29, 0.717) is 28.0 Å². The molecule has 0 atom stereocenters. The number of hydrogen-bond donors (Lipinski definition) is 1. The Kier molecular flexibility index (Phi) is 4.75. The molecule has 29 heavy (non-hydrogen) atoms. The van der Waals surface area contributed by atoms with Gasteiger partial charge in [-0.2, -0.15) is 10.2 Å². The zero-order valence-corrected chi connectivity index (χ0v) is 16.3. The van der Waals surface area contributed by atoms with E-state index in [1.807, 2.05) is 19.9 Å². The number of ether oxygens (including phenoxy) is 2. The quantitative estimate of drug-likeness (QED) is 0.544. The zero-order chi connectivity index (χ0) is 20.5. The lowest BCUT2D eigenvalue weighted by Crippen LogP contribution is -2.30. The topological polar surface area (TPSA) is 94.8 Å². The summed E-state index contributed by atoms with van der Waals surface area (Å²) in [5, 5.41) is 9.41. The molecule has 0 spiro atoms. The largest absolute Gasteiger partial charge is 0.454 e. The smallest absolute Gasteiger partial charge is 0.292 e. The van der Waals surface area contributed by atoms with Crippen molar-refractivity contribution >= 4 is 22.4 Å². The molecule has 2 heterocycles. The summed E-state index contributed by atoms with van der Waals surface area (Å²) in [4.78, 5) is 25.4. The van der Waals surface area contributed by atoms with Crippen molar-refractivity contribution in [2.24, 2.45) is 5.10 Å². The summed E-state index contributed by atoms with van der Waals surface area (Å²) in [6, 6.07) is 12.2. The molecular weight excluding hydrogens is 372 g/mol. The molecule has 3 aromatic rings. The number of carbonyl (C=O) groups is 1. The van der Waals surface area contributed by atoms with E-state index >= 15 is 0 Å². The lowest BCUT2D eigenvalue weighted by atomic mass is 10.1. The highest BCUT2D eigenvalue weighted by atomic mass is 16.7. The second kappa shape index (κ2) is 7.38. The molecule has 1 N–H and O–H groups in total. The van der Waals surface area contributed by atoms with Crippen molar-refractivity contribution in [2.45, 2.75) is 26.8 Å². The van der Waals surface area contributed by atoms with Gasteiger partial charge in [0.05, 0.1) is 17.1 Å². The third kappa shape index (κ3) is 3.44. The molecular formula is C21H20N4O4. The van der Waals surface area contributed by atoms with Crippen molar-refractivity contribution in [2.75, 3.05) is 6.79 Å². The molecule has 1 aromatic heterocycles. The minimum Gasteiger partial charge on any atom is -0.454 e. The van der Waals surface area contributed by atoms with Crippen LogP contribution in [0.4, 0.5) is 0 Å². The lowest BCUT2D eigenvalue weighted by Gasteiger charge is -2.12. The number of carbonyl (C=O) groups excluding carboxylic acids is 1. The van der Waals surface area contributed by atoms with Crippen LogP contribution in [0.2, 0.25) is 0 Å². The zero-order valence-electron chi connectivity index (χ0n) is 16.3. The molecule has 4 rings (SSSR count). The van der Waals surface area contributed by atoms with Crippen molar-refractivity contribution in [1.29, 1.82) is 0 Å². The van der Waals surface area contributed by atoms with Gasteiger partial charge in [0, 0.05) is 10.9 Å². The fourth-order valence-electron chi connectivity index (χ4n) is 3.10. The molecule has 0 saturated carbocycles. The molecule has 1 amide bonds. The lowest BCUT2D eigenvalue weighted by molar-refractivity contribution is 0.0949. The number of aromatic nitrogens is 2. The summed E-state index contributed by atoms with van der Waals surface area (Å²) in [6.07, 6.45) is 0. The van der Waals surface area contributed by atoms with E-state index in [9.17, 15) is 9.59 Å². The van der Waals surface area contributed by atoms with E-state index in [2.05, 4.69) is 15.6 Å². The van der Waals surface area contributed by atoms with Gasteiger partial charge in [-0.05, 0) is 45.0 Å². The third-order valence-corrected chi connectivity index (χ3v) is 4.65. The highest BCUT2D eigenvalue weighted by Gasteiger charge is 2.18. The van der Waals surface area contributed by atoms with Gasteiger partial charge < -0.3 is 9.47 Å². The second-order valence-electron chi connectivity index (χ2n) is 6.94. The van der Waals surface area contributed by atoms with E-state index < -0.39 is 5.91 Å². The molecule has 0 radical (unpaired) electrons. The fourth-order valence-corrected chi connectivity index (χ4v) is 3.10. The molecule has 0 saturated heterocycles. The Labute approximate surface area is 166 Å². The highest BCUT2D eigenvalue weighted by Crippen LogP contribution is 2.32. The van der Waals surface area contributed by atoms with Crippen LogP contribution < -0.4 is 20.5 Å². The van der Waals surface area contributed by atoms with Crippen LogP contribution in [-0.4, -0.2) is 28.2 Å². The van der Waals surface area contributed by atoms with Crippen LogP contribution in [0, 0.1) is 0 Å². The van der Waals surface area contributed by atoms with E-state index in [1.54, 1.807) is 43.3 Å². The van der Waals surface area contributed by atoms with Crippen LogP contribution in [-0.2, 0) is 0 Å². The summed E-state index contributed by atoms with van der Waals surface area (Å²) in [5.74, 6) is 0.827. The first-order valence-electron chi connectivity index (χ1n) is 9.22. The Morgan fingerprint density at radius 1 is 1.14 bits per heavy atom. The average molecular weight is 392 g/mol. The minimum absolute atomic E-state index is 0.149. The molecule has 148 valence electrons. The maximum atomic E-state index is 12.8. The van der Waals surface area contributed by atoms with Crippen molar-refractivity contribution in [1.82, 2.24) is 15.2 Å². The van der Waals surface area contributed by atoms with Gasteiger partial charge in [0.15, 0.2) is 17.2 Å². The number of hydrogen-bond acceptors (Lipinski definition) is 6.